The molecule has 22 nitrogen and oxygen atoms in total. The Balaban J connectivity index is 0.000000348. The number of phenolic OH excluding ortho intramolecular Hbond substituents is 6. The number of carbonyl (C=O) groups is 2. The van der Waals surface area contributed by atoms with Gasteiger partial charge in [0.1, 0.15) is 94.5 Å². The normalized spacial score (nSPS) is 23.9. The van der Waals surface area contributed by atoms with Gasteiger partial charge in [-0.15, -0.1) is 0 Å². The topological polar surface area (TPSA) is 373 Å². The minimum Gasteiger partial charge on any atom is -0.508 e. The van der Waals surface area contributed by atoms with Crippen molar-refractivity contribution in [2.75, 3.05) is 27.4 Å². The van der Waals surface area contributed by atoms with Crippen LogP contribution in [0.3, 0.4) is 0 Å². The van der Waals surface area contributed by atoms with Gasteiger partial charge in [-0.1, -0.05) is 33.4 Å². The minimum atomic E-state index is -1.75. The van der Waals surface area contributed by atoms with Crippen molar-refractivity contribution in [1.29, 1.82) is 0 Å². The van der Waals surface area contributed by atoms with E-state index in [4.69, 9.17) is 28.4 Å². The van der Waals surface area contributed by atoms with E-state index in [2.05, 4.69) is 0 Å². The van der Waals surface area contributed by atoms with Gasteiger partial charge in [0.15, 0.2) is 34.6 Å². The van der Waals surface area contributed by atoms with Gasteiger partial charge in [0.05, 0.1) is 27.4 Å². The first-order valence-corrected chi connectivity index (χ1v) is 21.2. The van der Waals surface area contributed by atoms with E-state index in [1.807, 2.05) is 13.8 Å². The number of rotatable bonds is 16. The second-order valence-corrected chi connectivity index (χ2v) is 15.2. The van der Waals surface area contributed by atoms with Crippen molar-refractivity contribution in [2.24, 2.45) is 0 Å². The number of carbonyl (C=O) groups excluding carboxylic acids is 2. The molecule has 0 spiro atoms. The molecular weight excluding hydrogens is 916 g/mol. The number of aliphatic hydroxyl groups excluding tert-OH is 8. The van der Waals surface area contributed by atoms with E-state index >= 15 is 0 Å². The highest BCUT2D eigenvalue weighted by Gasteiger charge is 2.46. The lowest BCUT2D eigenvalue weighted by Crippen LogP contribution is -2.60. The molecule has 4 unspecified atom stereocenters. The smallest absolute Gasteiger partial charge is 0.229 e. The van der Waals surface area contributed by atoms with Crippen LogP contribution in [0.2, 0.25) is 0 Å². The molecule has 22 heteroatoms. The largest absolute Gasteiger partial charge is 0.508 e. The fourth-order valence-electron chi connectivity index (χ4n) is 7.02. The van der Waals surface area contributed by atoms with Crippen LogP contribution < -0.4 is 18.9 Å². The van der Waals surface area contributed by atoms with Gasteiger partial charge in [-0.2, -0.15) is 0 Å². The standard InChI is InChI=1S/2C22H26O11.C2H6.CH4/c2*1-31-15-6-10(2-4-12(15)25)3-5-13(26)18-14(27)7-11(24)8-16(18)32-22-21(30)20(29)19(28)17(9-23)33-22;1-2;/h2*2,4,6-8,17,19-25,27-30H,3,5,9H2,1H3;1-2H3;1H4/t2*17?,19-,20+,21?,22-;;/m11../s1. The second-order valence-electron chi connectivity index (χ2n) is 15.2. The van der Waals surface area contributed by atoms with Gasteiger partial charge in [0.2, 0.25) is 12.6 Å². The Morgan fingerprint density at radius 1 is 0.493 bits per heavy atom. The molecule has 2 aliphatic rings. The van der Waals surface area contributed by atoms with E-state index in [1.165, 1.54) is 26.4 Å². The minimum absolute atomic E-state index is 0. The third-order valence-corrected chi connectivity index (χ3v) is 10.6. The average molecular weight is 979 g/mol. The Bertz CT molecular complexity index is 2140. The van der Waals surface area contributed by atoms with Crippen molar-refractivity contribution < 1.29 is 110 Å². The average Bonchev–Trinajstić information content (AvgIpc) is 3.31. The zero-order valence-electron chi connectivity index (χ0n) is 37.3. The molecule has 2 heterocycles. The van der Waals surface area contributed by atoms with Gasteiger partial charge < -0.3 is 99.9 Å². The molecule has 2 saturated heterocycles. The van der Waals surface area contributed by atoms with Crippen LogP contribution in [0.25, 0.3) is 0 Å². The fraction of sp³-hybridized carbons (Fsp3) is 0.447. The summed E-state index contributed by atoms with van der Waals surface area (Å²) < 4.78 is 31.6. The molecule has 0 aliphatic carbocycles. The number of Topliss-reactive ketones (excluding diaryl/α,β-unsaturated/α-hetero) is 2. The lowest BCUT2D eigenvalue weighted by molar-refractivity contribution is -0.277. The zero-order chi connectivity index (χ0) is 50.6. The molecule has 0 saturated carbocycles. The van der Waals surface area contributed by atoms with Crippen LogP contribution >= 0.6 is 0 Å². The molecule has 0 radical (unpaired) electrons. The molecule has 4 aromatic rings. The number of hydrogen-bond acceptors (Lipinski definition) is 22. The second kappa shape index (κ2) is 26.0. The van der Waals surface area contributed by atoms with Crippen molar-refractivity contribution in [3.05, 3.63) is 82.9 Å². The van der Waals surface area contributed by atoms with Gasteiger partial charge in [0, 0.05) is 37.1 Å². The van der Waals surface area contributed by atoms with E-state index in [-0.39, 0.29) is 78.7 Å². The van der Waals surface area contributed by atoms with Crippen LogP contribution in [-0.4, -0.2) is 172 Å². The van der Waals surface area contributed by atoms with Crippen LogP contribution in [-0.2, 0) is 22.3 Å². The maximum absolute atomic E-state index is 12.9. The quantitative estimate of drug-likeness (QED) is 0.0703. The molecule has 0 aromatic heterocycles. The molecule has 6 rings (SSSR count). The molecule has 2 aliphatic heterocycles. The van der Waals surface area contributed by atoms with Crippen molar-refractivity contribution in [2.45, 2.75) is 108 Å². The summed E-state index contributed by atoms with van der Waals surface area (Å²) in [6.07, 6.45) is -15.6. The first-order valence-electron chi connectivity index (χ1n) is 21.2. The Morgan fingerprint density at radius 3 is 1.16 bits per heavy atom. The number of aliphatic hydroxyl groups is 8. The first kappa shape index (κ1) is 57.1. The summed E-state index contributed by atoms with van der Waals surface area (Å²) in [7, 11) is 2.78. The van der Waals surface area contributed by atoms with Crippen molar-refractivity contribution in [1.82, 2.24) is 0 Å². The maximum Gasteiger partial charge on any atom is 0.229 e. The molecular formula is C47H62O22. The molecule has 0 bridgehead atoms. The molecule has 2 fully saturated rings. The van der Waals surface area contributed by atoms with Gasteiger partial charge in [-0.05, 0) is 48.2 Å². The monoisotopic (exact) mass is 978 g/mol. The van der Waals surface area contributed by atoms with Crippen molar-refractivity contribution in [3.63, 3.8) is 0 Å². The number of ketones is 2. The van der Waals surface area contributed by atoms with Crippen molar-refractivity contribution >= 4 is 11.6 Å². The zero-order valence-corrected chi connectivity index (χ0v) is 37.3. The lowest BCUT2D eigenvalue weighted by Gasteiger charge is -2.39. The predicted octanol–water partition coefficient (Wildman–Crippen LogP) is 1.27. The van der Waals surface area contributed by atoms with Crippen molar-refractivity contribution in [3.8, 4) is 57.5 Å². The molecule has 10 atom stereocenters. The third-order valence-electron chi connectivity index (χ3n) is 10.6. The van der Waals surface area contributed by atoms with E-state index in [0.717, 1.165) is 24.3 Å². The van der Waals surface area contributed by atoms with E-state index < -0.39 is 109 Å². The first-order chi connectivity index (χ1) is 32.3. The Morgan fingerprint density at radius 2 is 0.841 bits per heavy atom. The van der Waals surface area contributed by atoms with E-state index in [9.17, 15) is 81.1 Å². The van der Waals surface area contributed by atoms with Crippen LogP contribution in [0.5, 0.6) is 57.5 Å². The number of aryl methyl sites for hydroxylation is 2. The molecule has 382 valence electrons. The maximum atomic E-state index is 12.9. The highest BCUT2D eigenvalue weighted by molar-refractivity contribution is 6.02. The van der Waals surface area contributed by atoms with Gasteiger partial charge >= 0.3 is 0 Å². The fourth-order valence-corrected chi connectivity index (χ4v) is 7.02. The number of hydrogen-bond donors (Lipinski definition) is 14. The summed E-state index contributed by atoms with van der Waals surface area (Å²) in [5, 5.41) is 138. The van der Waals surface area contributed by atoms with Crippen LogP contribution in [0, 0.1) is 0 Å². The number of benzene rings is 4. The Kier molecular flexibility index (Phi) is 21.5. The third kappa shape index (κ3) is 14.0. The van der Waals surface area contributed by atoms with Gasteiger partial charge in [-0.25, -0.2) is 0 Å². The lowest BCUT2D eigenvalue weighted by atomic mass is 9.99. The van der Waals surface area contributed by atoms with Gasteiger partial charge in [0.25, 0.3) is 0 Å². The highest BCUT2D eigenvalue weighted by Crippen LogP contribution is 2.39. The van der Waals surface area contributed by atoms with Crippen LogP contribution in [0.1, 0.15) is 66.0 Å². The molecule has 4 aromatic carbocycles. The molecule has 0 amide bonds. The number of phenols is 6. The SMILES string of the molecule is C.CC.COc1cc(CCC(=O)c2c(O)cc(O)cc2O[C@@H]2OC(CO)[C@@H](O)[C@H](O)C2O)ccc1O.COc1cc(CCC(=O)c2c(O)cc(O)cc2O[C@@H]2OC(CO)[C@@H](O)[C@H](O)C2O)ccc1O. The van der Waals surface area contributed by atoms with Crippen LogP contribution in [0.15, 0.2) is 60.7 Å². The van der Waals surface area contributed by atoms with E-state index in [0.29, 0.717) is 11.1 Å². The summed E-state index contributed by atoms with van der Waals surface area (Å²) in [5.41, 5.74) is 0.756. The highest BCUT2D eigenvalue weighted by atomic mass is 16.7. The summed E-state index contributed by atoms with van der Waals surface area (Å²) in [6, 6.07) is 13.1. The number of aromatic hydroxyl groups is 6. The summed E-state index contributed by atoms with van der Waals surface area (Å²) >= 11 is 0. The summed E-state index contributed by atoms with van der Waals surface area (Å²) in [6.45, 7) is 2.63. The summed E-state index contributed by atoms with van der Waals surface area (Å²) in [4.78, 5) is 25.8. The Labute approximate surface area is 396 Å². The number of ether oxygens (including phenoxy) is 6. The summed E-state index contributed by atoms with van der Waals surface area (Å²) in [5.74, 6) is -3.48. The predicted molar refractivity (Wildman–Crippen MR) is 241 cm³/mol. The number of methoxy groups -OCH3 is 2. The van der Waals surface area contributed by atoms with Crippen LogP contribution in [0.4, 0.5) is 0 Å². The van der Waals surface area contributed by atoms with Gasteiger partial charge in [-0.3, -0.25) is 9.59 Å². The Hall–Kier alpha value is -6.18. The molecule has 69 heavy (non-hydrogen) atoms. The van der Waals surface area contributed by atoms with E-state index in [1.54, 1.807) is 24.3 Å². The molecule has 14 N–H and O–H groups in total.